The molecule has 0 bridgehead atoms. The number of amides is 1. The van der Waals surface area contributed by atoms with Gasteiger partial charge in [-0.05, 0) is 12.8 Å². The van der Waals surface area contributed by atoms with Gasteiger partial charge in [0.25, 0.3) is 0 Å². The van der Waals surface area contributed by atoms with Gasteiger partial charge in [0.2, 0.25) is 5.91 Å². The number of carbonyl (C=O) groups excluding carboxylic acids is 1. The quantitative estimate of drug-likeness (QED) is 0.786. The largest absolute Gasteiger partial charge is 0.349 e. The number of aryl methyl sites for hydroxylation is 1. The molecule has 0 aliphatic carbocycles. The second kappa shape index (κ2) is 6.34. The molecule has 0 aromatic carbocycles. The summed E-state index contributed by atoms with van der Waals surface area (Å²) in [6, 6.07) is -0.0489. The average molecular weight is 239 g/mol. The molecule has 0 spiro atoms. The highest BCUT2D eigenvalue weighted by molar-refractivity contribution is 5.75. The third-order valence-corrected chi connectivity index (χ3v) is 2.65. The lowest BCUT2D eigenvalue weighted by molar-refractivity contribution is -0.128. The van der Waals surface area contributed by atoms with Gasteiger partial charge < -0.3 is 10.6 Å². The lowest BCUT2D eigenvalue weighted by Crippen LogP contribution is -2.21. The summed E-state index contributed by atoms with van der Waals surface area (Å²) < 4.78 is 1.74. The zero-order chi connectivity index (χ0) is 12.8. The summed E-state index contributed by atoms with van der Waals surface area (Å²) in [7, 11) is 3.52. The van der Waals surface area contributed by atoms with Crippen LogP contribution in [0.5, 0.6) is 0 Å². The molecule has 1 rings (SSSR count). The first-order valence-electron chi connectivity index (χ1n) is 5.90. The molecule has 1 aromatic rings. The minimum absolute atomic E-state index is 0.0489. The third kappa shape index (κ3) is 4.14. The molecular weight excluding hydrogens is 218 g/mol. The van der Waals surface area contributed by atoms with E-state index in [1.165, 1.54) is 0 Å². The van der Waals surface area contributed by atoms with Crippen LogP contribution in [0.1, 0.15) is 37.9 Å². The van der Waals surface area contributed by atoms with Crippen LogP contribution in [0.25, 0.3) is 0 Å². The summed E-state index contributed by atoms with van der Waals surface area (Å²) in [5.41, 5.74) is 6.66. The first-order chi connectivity index (χ1) is 8.04. The maximum atomic E-state index is 11.4. The average Bonchev–Trinajstić information content (AvgIpc) is 2.76. The van der Waals surface area contributed by atoms with Gasteiger partial charge in [-0.3, -0.25) is 9.48 Å². The number of carbonyl (C=O) groups is 1. The molecule has 0 fully saturated rings. The number of nitrogens with zero attached hydrogens (tertiary/aromatic N) is 4. The Kier molecular flexibility index (Phi) is 5.09. The molecule has 0 aliphatic rings. The Labute approximate surface area is 102 Å². The van der Waals surface area contributed by atoms with Crippen LogP contribution in [0.3, 0.4) is 0 Å². The molecule has 17 heavy (non-hydrogen) atoms. The number of aromatic nitrogens is 3. The molecular formula is C11H21N5O. The fraction of sp³-hybridized carbons (Fsp3) is 0.727. The maximum absolute atomic E-state index is 11.4. The Morgan fingerprint density at radius 1 is 1.59 bits per heavy atom. The van der Waals surface area contributed by atoms with Gasteiger partial charge in [0, 0.05) is 27.1 Å². The summed E-state index contributed by atoms with van der Waals surface area (Å²) in [4.78, 5) is 13.0. The SMILES string of the molecule is CCC(N)c1cn(CCCC(=O)N(C)C)nn1. The van der Waals surface area contributed by atoms with Crippen molar-refractivity contribution < 1.29 is 4.79 Å². The van der Waals surface area contributed by atoms with Crippen LogP contribution in [0.15, 0.2) is 6.20 Å². The van der Waals surface area contributed by atoms with Crippen LogP contribution < -0.4 is 5.73 Å². The lowest BCUT2D eigenvalue weighted by atomic mass is 10.2. The molecule has 6 heteroatoms. The standard InChI is InChI=1S/C11H21N5O/c1-4-9(12)10-8-16(14-13-10)7-5-6-11(17)15(2)3/h8-9H,4-7,12H2,1-3H3. The van der Waals surface area contributed by atoms with Crippen LogP contribution in [0, 0.1) is 0 Å². The molecule has 96 valence electrons. The van der Waals surface area contributed by atoms with Crippen LogP contribution in [0.4, 0.5) is 0 Å². The van der Waals surface area contributed by atoms with E-state index < -0.39 is 0 Å². The van der Waals surface area contributed by atoms with Crippen molar-refractivity contribution in [2.24, 2.45) is 5.73 Å². The molecule has 1 atom stereocenters. The highest BCUT2D eigenvalue weighted by Gasteiger charge is 2.08. The zero-order valence-electron chi connectivity index (χ0n) is 10.8. The molecule has 2 N–H and O–H groups in total. The van der Waals surface area contributed by atoms with E-state index in [0.29, 0.717) is 13.0 Å². The predicted molar refractivity (Wildman–Crippen MR) is 65.2 cm³/mol. The Morgan fingerprint density at radius 3 is 2.88 bits per heavy atom. The normalized spacial score (nSPS) is 12.5. The van der Waals surface area contributed by atoms with Crippen molar-refractivity contribution in [3.05, 3.63) is 11.9 Å². The second-order valence-corrected chi connectivity index (χ2v) is 4.31. The Hall–Kier alpha value is -1.43. The third-order valence-electron chi connectivity index (χ3n) is 2.65. The topological polar surface area (TPSA) is 77.0 Å². The van der Waals surface area contributed by atoms with Gasteiger partial charge in [0.05, 0.1) is 17.9 Å². The number of hydrogen-bond donors (Lipinski definition) is 1. The van der Waals surface area contributed by atoms with E-state index in [9.17, 15) is 4.79 Å². The first-order valence-corrected chi connectivity index (χ1v) is 5.90. The fourth-order valence-electron chi connectivity index (χ4n) is 1.42. The maximum Gasteiger partial charge on any atom is 0.222 e. The van der Waals surface area contributed by atoms with Gasteiger partial charge in [0.15, 0.2) is 0 Å². The zero-order valence-corrected chi connectivity index (χ0v) is 10.8. The van der Waals surface area contributed by atoms with Gasteiger partial charge >= 0.3 is 0 Å². The Balaban J connectivity index is 2.37. The van der Waals surface area contributed by atoms with Gasteiger partial charge in [-0.15, -0.1) is 5.10 Å². The van der Waals surface area contributed by atoms with Gasteiger partial charge in [-0.2, -0.15) is 0 Å². The molecule has 1 amide bonds. The summed E-state index contributed by atoms with van der Waals surface area (Å²) in [6.45, 7) is 2.71. The minimum Gasteiger partial charge on any atom is -0.349 e. The smallest absolute Gasteiger partial charge is 0.222 e. The van der Waals surface area contributed by atoms with Gasteiger partial charge in [-0.1, -0.05) is 12.1 Å². The van der Waals surface area contributed by atoms with Crippen LogP contribution >= 0.6 is 0 Å². The van der Waals surface area contributed by atoms with Crippen molar-refractivity contribution in [3.63, 3.8) is 0 Å². The molecule has 0 saturated carbocycles. The fourth-order valence-corrected chi connectivity index (χ4v) is 1.42. The van der Waals surface area contributed by atoms with E-state index in [4.69, 9.17) is 5.73 Å². The van der Waals surface area contributed by atoms with E-state index in [-0.39, 0.29) is 11.9 Å². The molecule has 0 aliphatic heterocycles. The summed E-state index contributed by atoms with van der Waals surface area (Å²) in [5.74, 6) is 0.135. The van der Waals surface area contributed by atoms with E-state index in [1.54, 1.807) is 23.7 Å². The summed E-state index contributed by atoms with van der Waals surface area (Å²) in [5, 5.41) is 8.00. The molecule has 1 unspecified atom stereocenters. The van der Waals surface area contributed by atoms with Crippen LogP contribution in [-0.4, -0.2) is 39.9 Å². The Bertz CT molecular complexity index is 360. The first kappa shape index (κ1) is 13.6. The van der Waals surface area contributed by atoms with Crippen molar-refractivity contribution in [3.8, 4) is 0 Å². The molecule has 0 radical (unpaired) electrons. The lowest BCUT2D eigenvalue weighted by Gasteiger charge is -2.09. The highest BCUT2D eigenvalue weighted by atomic mass is 16.2. The van der Waals surface area contributed by atoms with Crippen molar-refractivity contribution in [2.75, 3.05) is 14.1 Å². The van der Waals surface area contributed by atoms with E-state index in [0.717, 1.165) is 18.5 Å². The number of rotatable bonds is 6. The van der Waals surface area contributed by atoms with E-state index >= 15 is 0 Å². The van der Waals surface area contributed by atoms with E-state index in [2.05, 4.69) is 10.3 Å². The molecule has 6 nitrogen and oxygen atoms in total. The van der Waals surface area contributed by atoms with Crippen molar-refractivity contribution in [1.29, 1.82) is 0 Å². The van der Waals surface area contributed by atoms with Crippen molar-refractivity contribution in [1.82, 2.24) is 19.9 Å². The molecule has 0 saturated heterocycles. The van der Waals surface area contributed by atoms with Gasteiger partial charge in [-0.25, -0.2) is 0 Å². The van der Waals surface area contributed by atoms with E-state index in [1.807, 2.05) is 13.1 Å². The van der Waals surface area contributed by atoms with Crippen molar-refractivity contribution in [2.45, 2.75) is 38.8 Å². The molecule has 1 aromatic heterocycles. The summed E-state index contributed by atoms with van der Waals surface area (Å²) in [6.07, 6.45) is 4.00. The number of nitrogens with two attached hydrogens (primary N) is 1. The highest BCUT2D eigenvalue weighted by Crippen LogP contribution is 2.09. The van der Waals surface area contributed by atoms with Gasteiger partial charge in [0.1, 0.15) is 0 Å². The van der Waals surface area contributed by atoms with Crippen LogP contribution in [-0.2, 0) is 11.3 Å². The monoisotopic (exact) mass is 239 g/mol. The van der Waals surface area contributed by atoms with Crippen molar-refractivity contribution >= 4 is 5.91 Å². The Morgan fingerprint density at radius 2 is 2.29 bits per heavy atom. The van der Waals surface area contributed by atoms with Crippen LogP contribution in [0.2, 0.25) is 0 Å². The second-order valence-electron chi connectivity index (χ2n) is 4.31. The summed E-state index contributed by atoms with van der Waals surface area (Å²) >= 11 is 0. The number of hydrogen-bond acceptors (Lipinski definition) is 4. The minimum atomic E-state index is -0.0489. The molecule has 1 heterocycles. The predicted octanol–water partition coefficient (Wildman–Crippen LogP) is 0.556.